The Bertz CT molecular complexity index is 534. The lowest BCUT2D eigenvalue weighted by atomic mass is 10.2. The molecular formula is C15H19ClN2O4. The van der Waals surface area contributed by atoms with Gasteiger partial charge in [0.2, 0.25) is 5.91 Å². The van der Waals surface area contributed by atoms with Gasteiger partial charge in [-0.2, -0.15) is 0 Å². The zero-order chi connectivity index (χ0) is 16.4. The van der Waals surface area contributed by atoms with Gasteiger partial charge in [-0.05, 0) is 19.1 Å². The third kappa shape index (κ3) is 6.58. The van der Waals surface area contributed by atoms with Gasteiger partial charge in [0.25, 0.3) is 5.91 Å². The number of rotatable bonds is 8. The molecule has 0 saturated carbocycles. The van der Waals surface area contributed by atoms with Gasteiger partial charge in [-0.25, -0.2) is 0 Å². The quantitative estimate of drug-likeness (QED) is 0.560. The van der Waals surface area contributed by atoms with Crippen LogP contribution >= 0.6 is 11.6 Å². The van der Waals surface area contributed by atoms with E-state index in [-0.39, 0.29) is 37.7 Å². The van der Waals surface area contributed by atoms with Crippen LogP contribution in [-0.4, -0.2) is 37.5 Å². The minimum absolute atomic E-state index is 0.0473. The number of ether oxygens (including phenoxy) is 1. The molecule has 22 heavy (non-hydrogen) atoms. The Morgan fingerprint density at radius 2 is 1.77 bits per heavy atom. The van der Waals surface area contributed by atoms with Crippen molar-refractivity contribution >= 4 is 29.4 Å². The minimum atomic E-state index is -0.398. The zero-order valence-electron chi connectivity index (χ0n) is 12.4. The number of carbonyl (C=O) groups is 3. The Morgan fingerprint density at radius 1 is 1.09 bits per heavy atom. The SMILES string of the molecule is CCOC(=O)CCC(=O)NCCNC(=O)c1ccccc1Cl. The van der Waals surface area contributed by atoms with E-state index in [0.717, 1.165) is 0 Å². The van der Waals surface area contributed by atoms with Crippen LogP contribution in [0, 0.1) is 0 Å². The first-order valence-corrected chi connectivity index (χ1v) is 7.37. The van der Waals surface area contributed by atoms with Crippen molar-refractivity contribution in [1.82, 2.24) is 10.6 Å². The smallest absolute Gasteiger partial charge is 0.306 e. The van der Waals surface area contributed by atoms with Gasteiger partial charge >= 0.3 is 5.97 Å². The molecule has 1 rings (SSSR count). The van der Waals surface area contributed by atoms with E-state index in [1.165, 1.54) is 0 Å². The molecule has 0 saturated heterocycles. The Labute approximate surface area is 134 Å². The number of hydrogen-bond donors (Lipinski definition) is 2. The Hall–Kier alpha value is -2.08. The summed E-state index contributed by atoms with van der Waals surface area (Å²) < 4.78 is 4.72. The second kappa shape index (κ2) is 9.78. The second-order valence-corrected chi connectivity index (χ2v) is 4.80. The predicted molar refractivity (Wildman–Crippen MR) is 82.7 cm³/mol. The Morgan fingerprint density at radius 3 is 2.45 bits per heavy atom. The molecule has 0 atom stereocenters. The fraction of sp³-hybridized carbons (Fsp3) is 0.400. The van der Waals surface area contributed by atoms with E-state index in [2.05, 4.69) is 10.6 Å². The number of halogens is 1. The van der Waals surface area contributed by atoms with E-state index in [4.69, 9.17) is 16.3 Å². The van der Waals surface area contributed by atoms with Crippen LogP contribution in [0.25, 0.3) is 0 Å². The summed E-state index contributed by atoms with van der Waals surface area (Å²) in [5.41, 5.74) is 0.387. The van der Waals surface area contributed by atoms with E-state index >= 15 is 0 Å². The number of nitrogens with one attached hydrogen (secondary N) is 2. The van der Waals surface area contributed by atoms with Gasteiger partial charge in [0, 0.05) is 19.5 Å². The molecule has 1 aromatic carbocycles. The number of carbonyl (C=O) groups excluding carboxylic acids is 3. The molecule has 0 heterocycles. The summed E-state index contributed by atoms with van der Waals surface area (Å²) in [6.45, 7) is 2.56. The van der Waals surface area contributed by atoms with Gasteiger partial charge in [-0.3, -0.25) is 14.4 Å². The summed E-state index contributed by atoms with van der Waals surface area (Å²) >= 11 is 5.90. The van der Waals surface area contributed by atoms with Crippen molar-refractivity contribution in [2.24, 2.45) is 0 Å². The van der Waals surface area contributed by atoms with Crippen LogP contribution in [0.4, 0.5) is 0 Å². The molecule has 6 nitrogen and oxygen atoms in total. The van der Waals surface area contributed by atoms with Gasteiger partial charge in [0.1, 0.15) is 0 Å². The second-order valence-electron chi connectivity index (χ2n) is 4.39. The molecule has 0 unspecified atom stereocenters. The number of benzene rings is 1. The highest BCUT2D eigenvalue weighted by atomic mass is 35.5. The topological polar surface area (TPSA) is 84.5 Å². The highest BCUT2D eigenvalue weighted by Gasteiger charge is 2.09. The van der Waals surface area contributed by atoms with E-state index in [9.17, 15) is 14.4 Å². The maximum Gasteiger partial charge on any atom is 0.306 e. The van der Waals surface area contributed by atoms with Gasteiger partial charge in [-0.1, -0.05) is 23.7 Å². The van der Waals surface area contributed by atoms with Gasteiger partial charge in [-0.15, -0.1) is 0 Å². The molecule has 0 aliphatic heterocycles. The van der Waals surface area contributed by atoms with Crippen LogP contribution in [0.2, 0.25) is 5.02 Å². The molecule has 0 radical (unpaired) electrons. The molecule has 2 N–H and O–H groups in total. The maximum atomic E-state index is 11.8. The van der Waals surface area contributed by atoms with Crippen molar-refractivity contribution in [3.8, 4) is 0 Å². The lowest BCUT2D eigenvalue weighted by Crippen LogP contribution is -2.34. The fourth-order valence-electron chi connectivity index (χ4n) is 1.66. The van der Waals surface area contributed by atoms with Crippen molar-refractivity contribution in [1.29, 1.82) is 0 Å². The first-order valence-electron chi connectivity index (χ1n) is 6.99. The first-order chi connectivity index (χ1) is 10.5. The molecule has 0 aliphatic carbocycles. The molecular weight excluding hydrogens is 308 g/mol. The van der Waals surface area contributed by atoms with Crippen LogP contribution in [0.1, 0.15) is 30.1 Å². The third-order valence-corrected chi connectivity index (χ3v) is 3.04. The first kappa shape index (κ1) is 18.0. The van der Waals surface area contributed by atoms with Crippen molar-refractivity contribution in [3.63, 3.8) is 0 Å². The minimum Gasteiger partial charge on any atom is -0.466 e. The van der Waals surface area contributed by atoms with Crippen molar-refractivity contribution in [2.75, 3.05) is 19.7 Å². The van der Waals surface area contributed by atoms with E-state index in [0.29, 0.717) is 17.2 Å². The van der Waals surface area contributed by atoms with Crippen molar-refractivity contribution in [3.05, 3.63) is 34.9 Å². The molecule has 120 valence electrons. The van der Waals surface area contributed by atoms with Crippen LogP contribution in [0.3, 0.4) is 0 Å². The van der Waals surface area contributed by atoms with E-state index < -0.39 is 5.97 Å². The summed E-state index contributed by atoms with van der Waals surface area (Å²) in [5, 5.41) is 5.63. The molecule has 7 heteroatoms. The van der Waals surface area contributed by atoms with Gasteiger partial charge < -0.3 is 15.4 Å². The zero-order valence-corrected chi connectivity index (χ0v) is 13.1. The van der Waals surface area contributed by atoms with Gasteiger partial charge in [0.05, 0.1) is 23.6 Å². The summed E-state index contributed by atoms with van der Waals surface area (Å²) in [6, 6.07) is 6.71. The molecule has 0 aromatic heterocycles. The summed E-state index contributed by atoms with van der Waals surface area (Å²) in [6.07, 6.45) is 0.114. The van der Waals surface area contributed by atoms with Crippen LogP contribution < -0.4 is 10.6 Å². The largest absolute Gasteiger partial charge is 0.466 e. The maximum absolute atomic E-state index is 11.8. The van der Waals surface area contributed by atoms with Gasteiger partial charge in [0.15, 0.2) is 0 Å². The Kier molecular flexibility index (Phi) is 7.99. The van der Waals surface area contributed by atoms with Crippen molar-refractivity contribution < 1.29 is 19.1 Å². The third-order valence-electron chi connectivity index (χ3n) is 2.71. The monoisotopic (exact) mass is 326 g/mol. The number of esters is 1. The van der Waals surface area contributed by atoms with E-state index in [1.54, 1.807) is 31.2 Å². The number of hydrogen-bond acceptors (Lipinski definition) is 4. The highest BCUT2D eigenvalue weighted by molar-refractivity contribution is 6.33. The lowest BCUT2D eigenvalue weighted by molar-refractivity contribution is -0.144. The summed E-state index contributed by atoms with van der Waals surface area (Å²) in [5.74, 6) is -0.962. The summed E-state index contributed by atoms with van der Waals surface area (Å²) in [7, 11) is 0. The highest BCUT2D eigenvalue weighted by Crippen LogP contribution is 2.14. The fourth-order valence-corrected chi connectivity index (χ4v) is 1.88. The molecule has 0 aliphatic rings. The Balaban J connectivity index is 2.20. The standard InChI is InChI=1S/C15H19ClN2O4/c1-2-22-14(20)8-7-13(19)17-9-10-18-15(21)11-5-3-4-6-12(11)16/h3-6H,2,7-10H2,1H3,(H,17,19)(H,18,21). The van der Waals surface area contributed by atoms with Crippen LogP contribution in [0.5, 0.6) is 0 Å². The summed E-state index contributed by atoms with van der Waals surface area (Å²) in [4.78, 5) is 34.4. The molecule has 0 fully saturated rings. The average molecular weight is 327 g/mol. The normalized spacial score (nSPS) is 9.91. The number of amides is 2. The lowest BCUT2D eigenvalue weighted by Gasteiger charge is -2.08. The van der Waals surface area contributed by atoms with E-state index in [1.807, 2.05) is 0 Å². The predicted octanol–water partition coefficient (Wildman–Crippen LogP) is 1.53. The molecule has 0 bridgehead atoms. The van der Waals surface area contributed by atoms with Crippen LogP contribution in [-0.2, 0) is 14.3 Å². The van der Waals surface area contributed by atoms with Crippen LogP contribution in [0.15, 0.2) is 24.3 Å². The molecule has 1 aromatic rings. The average Bonchev–Trinajstić information content (AvgIpc) is 2.50. The van der Waals surface area contributed by atoms with Crippen molar-refractivity contribution in [2.45, 2.75) is 19.8 Å². The molecule has 0 spiro atoms. The molecule has 2 amide bonds.